The third-order valence-corrected chi connectivity index (χ3v) is 4.56. The number of ether oxygens (including phenoxy) is 1. The molecule has 1 atom stereocenters. The Bertz CT molecular complexity index is 728. The van der Waals surface area contributed by atoms with Gasteiger partial charge in [-0.15, -0.1) is 0 Å². The Morgan fingerprint density at radius 3 is 2.67 bits per heavy atom. The van der Waals surface area contributed by atoms with Crippen molar-refractivity contribution in [1.29, 1.82) is 0 Å². The summed E-state index contributed by atoms with van der Waals surface area (Å²) in [6, 6.07) is 15.7. The molecule has 1 aliphatic rings. The standard InChI is InChI=1S/C20H23NO3/c1-15-6-2-5-9-18(15)24-13-19(22)21-14-20(23)11-10-16-7-3-4-8-17(16)12-20/h2-9,23H,10-14H2,1H3,(H,21,22). The molecule has 2 N–H and O–H groups in total. The van der Waals surface area contributed by atoms with Crippen LogP contribution < -0.4 is 10.1 Å². The van der Waals surface area contributed by atoms with Crippen LogP contribution in [0, 0.1) is 6.92 Å². The molecular weight excluding hydrogens is 302 g/mol. The smallest absolute Gasteiger partial charge is 0.258 e. The number of aliphatic hydroxyl groups is 1. The van der Waals surface area contributed by atoms with Crippen molar-refractivity contribution in [3.63, 3.8) is 0 Å². The lowest BCUT2D eigenvalue weighted by molar-refractivity contribution is -0.124. The number of carbonyl (C=O) groups is 1. The van der Waals surface area contributed by atoms with Gasteiger partial charge in [0.2, 0.25) is 0 Å². The normalized spacial score (nSPS) is 19.4. The van der Waals surface area contributed by atoms with Gasteiger partial charge in [-0.2, -0.15) is 0 Å². The lowest BCUT2D eigenvalue weighted by atomic mass is 9.80. The predicted molar refractivity (Wildman–Crippen MR) is 93.1 cm³/mol. The van der Waals surface area contributed by atoms with Gasteiger partial charge in [0, 0.05) is 13.0 Å². The van der Waals surface area contributed by atoms with Gasteiger partial charge in [0.1, 0.15) is 5.75 Å². The second kappa shape index (κ2) is 7.05. The van der Waals surface area contributed by atoms with Crippen LogP contribution in [0.25, 0.3) is 0 Å². The molecule has 0 saturated heterocycles. The molecule has 2 aromatic carbocycles. The van der Waals surface area contributed by atoms with Crippen molar-refractivity contribution in [2.45, 2.75) is 31.8 Å². The van der Waals surface area contributed by atoms with Crippen LogP contribution in [0.15, 0.2) is 48.5 Å². The molecule has 4 nitrogen and oxygen atoms in total. The Hall–Kier alpha value is -2.33. The highest BCUT2D eigenvalue weighted by Gasteiger charge is 2.32. The number of benzene rings is 2. The molecule has 0 aliphatic heterocycles. The van der Waals surface area contributed by atoms with E-state index in [9.17, 15) is 9.90 Å². The molecule has 0 saturated carbocycles. The van der Waals surface area contributed by atoms with Crippen LogP contribution in [0.3, 0.4) is 0 Å². The highest BCUT2D eigenvalue weighted by molar-refractivity contribution is 5.77. The Morgan fingerprint density at radius 1 is 1.17 bits per heavy atom. The van der Waals surface area contributed by atoms with Crippen LogP contribution in [0.5, 0.6) is 5.75 Å². The Labute approximate surface area is 142 Å². The SMILES string of the molecule is Cc1ccccc1OCC(=O)NCC1(O)CCc2ccccc2C1. The van der Waals surface area contributed by atoms with Crippen LogP contribution in [-0.2, 0) is 17.6 Å². The van der Waals surface area contributed by atoms with E-state index in [4.69, 9.17) is 4.74 Å². The summed E-state index contributed by atoms with van der Waals surface area (Å²) < 4.78 is 5.53. The third-order valence-electron chi connectivity index (χ3n) is 4.56. The minimum Gasteiger partial charge on any atom is -0.484 e. The summed E-state index contributed by atoms with van der Waals surface area (Å²) in [6.07, 6.45) is 2.06. The van der Waals surface area contributed by atoms with E-state index in [-0.39, 0.29) is 19.1 Å². The van der Waals surface area contributed by atoms with Gasteiger partial charge >= 0.3 is 0 Å². The molecule has 1 amide bonds. The summed E-state index contributed by atoms with van der Waals surface area (Å²) in [7, 11) is 0. The molecule has 24 heavy (non-hydrogen) atoms. The number of fused-ring (bicyclic) bond motifs is 1. The van der Waals surface area contributed by atoms with E-state index in [1.807, 2.05) is 49.4 Å². The van der Waals surface area contributed by atoms with Gasteiger partial charge in [-0.05, 0) is 42.5 Å². The first-order valence-electron chi connectivity index (χ1n) is 8.30. The molecule has 1 aliphatic carbocycles. The van der Waals surface area contributed by atoms with Gasteiger partial charge < -0.3 is 15.2 Å². The monoisotopic (exact) mass is 325 g/mol. The summed E-state index contributed by atoms with van der Waals surface area (Å²) in [5.74, 6) is 0.489. The molecule has 0 heterocycles. The third kappa shape index (κ3) is 3.95. The van der Waals surface area contributed by atoms with Crippen molar-refractivity contribution in [3.05, 3.63) is 65.2 Å². The van der Waals surface area contributed by atoms with Crippen molar-refractivity contribution in [2.75, 3.05) is 13.2 Å². The minimum absolute atomic E-state index is 0.0441. The van der Waals surface area contributed by atoms with Crippen molar-refractivity contribution in [1.82, 2.24) is 5.32 Å². The second-order valence-corrected chi connectivity index (χ2v) is 6.50. The highest BCUT2D eigenvalue weighted by atomic mass is 16.5. The number of rotatable bonds is 5. The first-order valence-corrected chi connectivity index (χ1v) is 8.30. The van der Waals surface area contributed by atoms with Gasteiger partial charge in [0.25, 0.3) is 5.91 Å². The molecule has 2 aromatic rings. The lowest BCUT2D eigenvalue weighted by Gasteiger charge is -2.33. The average molecular weight is 325 g/mol. The fraction of sp³-hybridized carbons (Fsp3) is 0.350. The molecule has 0 spiro atoms. The molecule has 126 valence electrons. The molecule has 0 bridgehead atoms. The summed E-state index contributed by atoms with van der Waals surface area (Å²) in [5.41, 5.74) is 2.56. The van der Waals surface area contributed by atoms with Crippen molar-refractivity contribution < 1.29 is 14.6 Å². The second-order valence-electron chi connectivity index (χ2n) is 6.50. The lowest BCUT2D eigenvalue weighted by Crippen LogP contribution is -2.47. The van der Waals surface area contributed by atoms with E-state index in [2.05, 4.69) is 11.4 Å². The summed E-state index contributed by atoms with van der Waals surface area (Å²) in [6.45, 7) is 2.14. The number of hydrogen-bond acceptors (Lipinski definition) is 3. The topological polar surface area (TPSA) is 58.6 Å². The van der Waals surface area contributed by atoms with E-state index in [1.165, 1.54) is 5.56 Å². The first-order chi connectivity index (χ1) is 11.6. The molecule has 1 unspecified atom stereocenters. The number of para-hydroxylation sites is 1. The number of amides is 1. The van der Waals surface area contributed by atoms with Gasteiger partial charge in [0.05, 0.1) is 5.60 Å². The van der Waals surface area contributed by atoms with Crippen LogP contribution in [-0.4, -0.2) is 29.8 Å². The van der Waals surface area contributed by atoms with Crippen molar-refractivity contribution in [3.8, 4) is 5.75 Å². The molecule has 3 rings (SSSR count). The fourth-order valence-electron chi connectivity index (χ4n) is 3.11. The van der Waals surface area contributed by atoms with Gasteiger partial charge in [-0.3, -0.25) is 4.79 Å². The zero-order valence-electron chi connectivity index (χ0n) is 13.9. The number of hydrogen-bond donors (Lipinski definition) is 2. The first kappa shape index (κ1) is 16.5. The Kier molecular flexibility index (Phi) is 4.86. The van der Waals surface area contributed by atoms with E-state index in [0.29, 0.717) is 18.6 Å². The molecule has 0 radical (unpaired) electrons. The average Bonchev–Trinajstić information content (AvgIpc) is 2.59. The zero-order chi connectivity index (χ0) is 17.0. The van der Waals surface area contributed by atoms with Gasteiger partial charge in [-0.25, -0.2) is 0 Å². The van der Waals surface area contributed by atoms with Crippen LogP contribution >= 0.6 is 0 Å². The quantitative estimate of drug-likeness (QED) is 0.887. The largest absolute Gasteiger partial charge is 0.484 e. The zero-order valence-corrected chi connectivity index (χ0v) is 13.9. The van der Waals surface area contributed by atoms with E-state index in [1.54, 1.807) is 0 Å². The van der Waals surface area contributed by atoms with Gasteiger partial charge in [0.15, 0.2) is 6.61 Å². The summed E-state index contributed by atoms with van der Waals surface area (Å²) in [5, 5.41) is 13.5. The molecule has 0 fully saturated rings. The fourth-order valence-corrected chi connectivity index (χ4v) is 3.11. The van der Waals surface area contributed by atoms with Crippen LogP contribution in [0.1, 0.15) is 23.1 Å². The minimum atomic E-state index is -0.882. The van der Waals surface area contributed by atoms with E-state index >= 15 is 0 Å². The summed E-state index contributed by atoms with van der Waals surface area (Å²) in [4.78, 5) is 12.0. The van der Waals surface area contributed by atoms with Crippen LogP contribution in [0.2, 0.25) is 0 Å². The van der Waals surface area contributed by atoms with E-state index in [0.717, 1.165) is 17.5 Å². The summed E-state index contributed by atoms with van der Waals surface area (Å²) >= 11 is 0. The van der Waals surface area contributed by atoms with Crippen molar-refractivity contribution in [2.24, 2.45) is 0 Å². The molecular formula is C20H23NO3. The predicted octanol–water partition coefficient (Wildman–Crippen LogP) is 2.41. The number of carbonyl (C=O) groups excluding carboxylic acids is 1. The maximum atomic E-state index is 12.0. The van der Waals surface area contributed by atoms with E-state index < -0.39 is 5.60 Å². The van der Waals surface area contributed by atoms with Gasteiger partial charge in [-0.1, -0.05) is 42.5 Å². The van der Waals surface area contributed by atoms with Crippen molar-refractivity contribution >= 4 is 5.91 Å². The molecule has 4 heteroatoms. The maximum Gasteiger partial charge on any atom is 0.258 e. The maximum absolute atomic E-state index is 12.0. The Morgan fingerprint density at radius 2 is 1.88 bits per heavy atom. The highest BCUT2D eigenvalue weighted by Crippen LogP contribution is 2.28. The van der Waals surface area contributed by atoms with Crippen LogP contribution in [0.4, 0.5) is 0 Å². The number of aryl methyl sites for hydroxylation is 2. The Balaban J connectivity index is 1.50. The molecule has 0 aromatic heterocycles. The number of nitrogens with one attached hydrogen (secondary N) is 1.